The summed E-state index contributed by atoms with van der Waals surface area (Å²) < 4.78 is 9.43. The molecule has 6 heteroatoms. The molecule has 0 rings (SSSR count). The van der Waals surface area contributed by atoms with E-state index < -0.39 is 8.60 Å². The predicted molar refractivity (Wildman–Crippen MR) is 46.4 cm³/mol. The second-order valence-corrected chi connectivity index (χ2v) is 3.82. The zero-order chi connectivity index (χ0) is 7.82. The van der Waals surface area contributed by atoms with Crippen LogP contribution in [0.25, 0.3) is 0 Å². The first-order valence-corrected chi connectivity index (χ1v) is 6.00. The van der Waals surface area contributed by atoms with Crippen molar-refractivity contribution in [1.82, 2.24) is 0 Å². The van der Waals surface area contributed by atoms with Gasteiger partial charge in [-0.05, 0) is 0 Å². The van der Waals surface area contributed by atoms with E-state index in [4.69, 9.17) is 9.05 Å². The molecule has 0 bridgehead atoms. The van der Waals surface area contributed by atoms with Crippen molar-refractivity contribution in [1.29, 1.82) is 0 Å². The van der Waals surface area contributed by atoms with Gasteiger partial charge in [-0.15, -0.1) is 0 Å². The molecule has 0 aliphatic carbocycles. The Bertz CT molecular complexity index is 67.5. The van der Waals surface area contributed by atoms with Crippen LogP contribution in [0, 0.1) is 0 Å². The van der Waals surface area contributed by atoms with Crippen molar-refractivity contribution >= 4 is 40.5 Å². The Morgan fingerprint density at radius 2 is 1.50 bits per heavy atom. The van der Waals surface area contributed by atoms with Gasteiger partial charge in [-0.2, -0.15) is 0 Å². The first kappa shape index (κ1) is 11.3. The number of alkyl halides is 2. The first-order valence-electron chi connectivity index (χ1n) is 2.66. The SMILES string of the molecule is [O-]P(OCCBr)OCCBr. The van der Waals surface area contributed by atoms with Crippen LogP contribution in [0.2, 0.25) is 0 Å². The first-order chi connectivity index (χ1) is 4.81. The summed E-state index contributed by atoms with van der Waals surface area (Å²) in [6.07, 6.45) is 0. The van der Waals surface area contributed by atoms with Crippen molar-refractivity contribution in [3.05, 3.63) is 0 Å². The lowest BCUT2D eigenvalue weighted by Crippen LogP contribution is -2.05. The van der Waals surface area contributed by atoms with E-state index in [1.807, 2.05) is 0 Å². The van der Waals surface area contributed by atoms with Gasteiger partial charge in [-0.25, -0.2) is 0 Å². The Labute approximate surface area is 78.4 Å². The summed E-state index contributed by atoms with van der Waals surface area (Å²) in [6.45, 7) is 0.828. The van der Waals surface area contributed by atoms with Gasteiger partial charge >= 0.3 is 0 Å². The number of halogens is 2. The van der Waals surface area contributed by atoms with Crippen LogP contribution < -0.4 is 4.89 Å². The van der Waals surface area contributed by atoms with E-state index in [2.05, 4.69) is 31.9 Å². The maximum absolute atomic E-state index is 10.6. The Morgan fingerprint density at radius 1 is 1.10 bits per heavy atom. The Balaban J connectivity index is 3.00. The van der Waals surface area contributed by atoms with Crippen LogP contribution in [0.1, 0.15) is 0 Å². The van der Waals surface area contributed by atoms with E-state index in [-0.39, 0.29) is 0 Å². The standard InChI is InChI=1S/C4H8Br2O3P/c5-1-3-8-10(7)9-4-2-6/h1-4H2/q-1. The minimum atomic E-state index is -1.90. The van der Waals surface area contributed by atoms with Gasteiger partial charge in [0.1, 0.15) is 0 Å². The summed E-state index contributed by atoms with van der Waals surface area (Å²) in [4.78, 5) is 10.6. The summed E-state index contributed by atoms with van der Waals surface area (Å²) >= 11 is 6.26. The van der Waals surface area contributed by atoms with Crippen LogP contribution in [-0.2, 0) is 9.05 Å². The van der Waals surface area contributed by atoms with Crippen molar-refractivity contribution in [3.8, 4) is 0 Å². The fourth-order valence-corrected chi connectivity index (χ4v) is 1.63. The number of hydrogen-bond donors (Lipinski definition) is 0. The predicted octanol–water partition coefficient (Wildman–Crippen LogP) is 1.40. The number of rotatable bonds is 6. The summed E-state index contributed by atoms with van der Waals surface area (Å²) in [5.74, 6) is 0. The van der Waals surface area contributed by atoms with Gasteiger partial charge in [-0.3, -0.25) is 0 Å². The van der Waals surface area contributed by atoms with Crippen LogP contribution >= 0.6 is 40.5 Å². The molecule has 0 amide bonds. The van der Waals surface area contributed by atoms with E-state index in [0.29, 0.717) is 23.9 Å². The van der Waals surface area contributed by atoms with Gasteiger partial charge in [0.2, 0.25) is 0 Å². The molecule has 0 aliphatic heterocycles. The molecule has 0 aromatic heterocycles. The molecule has 0 saturated carbocycles. The van der Waals surface area contributed by atoms with Crippen LogP contribution in [0.3, 0.4) is 0 Å². The molecule has 0 aromatic carbocycles. The fraction of sp³-hybridized carbons (Fsp3) is 1.00. The van der Waals surface area contributed by atoms with Gasteiger partial charge in [0, 0.05) is 10.7 Å². The summed E-state index contributed by atoms with van der Waals surface area (Å²) in [7, 11) is -1.90. The minimum Gasteiger partial charge on any atom is -0.786 e. The van der Waals surface area contributed by atoms with Crippen LogP contribution in [0.15, 0.2) is 0 Å². The monoisotopic (exact) mass is 293 g/mol. The Hall–Kier alpha value is 1.27. The largest absolute Gasteiger partial charge is 0.786 e. The third-order valence-corrected chi connectivity index (χ3v) is 1.98. The van der Waals surface area contributed by atoms with Gasteiger partial charge in [0.25, 0.3) is 0 Å². The molecule has 0 radical (unpaired) electrons. The molecule has 0 unspecified atom stereocenters. The molecule has 0 fully saturated rings. The molecule has 62 valence electrons. The highest BCUT2D eigenvalue weighted by Gasteiger charge is 1.92. The third kappa shape index (κ3) is 7.38. The number of hydrogen-bond acceptors (Lipinski definition) is 3. The molecule has 10 heavy (non-hydrogen) atoms. The molecule has 3 nitrogen and oxygen atoms in total. The lowest BCUT2D eigenvalue weighted by atomic mass is 10.9. The van der Waals surface area contributed by atoms with E-state index in [1.54, 1.807) is 0 Å². The lowest BCUT2D eigenvalue weighted by molar-refractivity contribution is -0.203. The Kier molecular flexibility index (Phi) is 9.43. The van der Waals surface area contributed by atoms with Crippen molar-refractivity contribution in [2.75, 3.05) is 23.9 Å². The van der Waals surface area contributed by atoms with Crippen molar-refractivity contribution in [2.45, 2.75) is 0 Å². The van der Waals surface area contributed by atoms with Gasteiger partial charge < -0.3 is 13.9 Å². The van der Waals surface area contributed by atoms with Crippen molar-refractivity contribution in [3.63, 3.8) is 0 Å². The molecule has 0 N–H and O–H groups in total. The molecular weight excluding hydrogens is 287 g/mol. The Morgan fingerprint density at radius 3 is 1.80 bits per heavy atom. The van der Waals surface area contributed by atoms with Crippen LogP contribution in [0.4, 0.5) is 0 Å². The molecule has 0 heterocycles. The third-order valence-electron chi connectivity index (χ3n) is 0.548. The fourth-order valence-electron chi connectivity index (χ4n) is 0.255. The zero-order valence-corrected chi connectivity index (χ0v) is 9.32. The van der Waals surface area contributed by atoms with Crippen molar-refractivity contribution < 1.29 is 13.9 Å². The van der Waals surface area contributed by atoms with Gasteiger partial charge in [-0.1, -0.05) is 31.9 Å². The lowest BCUT2D eigenvalue weighted by Gasteiger charge is -2.20. The van der Waals surface area contributed by atoms with Crippen molar-refractivity contribution in [2.24, 2.45) is 0 Å². The van der Waals surface area contributed by atoms with E-state index in [0.717, 1.165) is 0 Å². The smallest absolute Gasteiger partial charge is 0.0829 e. The summed E-state index contributed by atoms with van der Waals surface area (Å²) in [6, 6.07) is 0. The summed E-state index contributed by atoms with van der Waals surface area (Å²) in [5.41, 5.74) is 0. The maximum atomic E-state index is 10.6. The average Bonchev–Trinajstić information content (AvgIpc) is 1.97. The second kappa shape index (κ2) is 8.37. The molecule has 0 spiro atoms. The highest BCUT2D eigenvalue weighted by atomic mass is 79.9. The van der Waals surface area contributed by atoms with Crippen LogP contribution in [-0.4, -0.2) is 23.9 Å². The highest BCUT2D eigenvalue weighted by molar-refractivity contribution is 9.09. The van der Waals surface area contributed by atoms with E-state index in [1.165, 1.54) is 0 Å². The molecule has 0 atom stereocenters. The van der Waals surface area contributed by atoms with Gasteiger partial charge in [0.05, 0.1) is 21.8 Å². The molecule has 0 aliphatic rings. The summed E-state index contributed by atoms with van der Waals surface area (Å²) in [5, 5.41) is 1.34. The molecule has 0 saturated heterocycles. The normalized spacial score (nSPS) is 10.8. The average molecular weight is 295 g/mol. The second-order valence-electron chi connectivity index (χ2n) is 1.27. The maximum Gasteiger partial charge on any atom is 0.0829 e. The topological polar surface area (TPSA) is 41.5 Å². The van der Waals surface area contributed by atoms with Crippen LogP contribution in [0.5, 0.6) is 0 Å². The highest BCUT2D eigenvalue weighted by Crippen LogP contribution is 2.26. The minimum absolute atomic E-state index is 0.414. The zero-order valence-electron chi connectivity index (χ0n) is 5.26. The quantitative estimate of drug-likeness (QED) is 0.549. The van der Waals surface area contributed by atoms with Gasteiger partial charge in [0.15, 0.2) is 0 Å². The molecular formula is C4H8Br2O3P-. The van der Waals surface area contributed by atoms with E-state index >= 15 is 0 Å². The van der Waals surface area contributed by atoms with E-state index in [9.17, 15) is 4.89 Å². The molecule has 0 aromatic rings.